The van der Waals surface area contributed by atoms with Gasteiger partial charge in [0.1, 0.15) is 18.0 Å². The molecule has 184 valence electrons. The average molecular weight is 494 g/mol. The monoisotopic (exact) mass is 493 g/mol. The van der Waals surface area contributed by atoms with Crippen molar-refractivity contribution in [1.82, 2.24) is 9.80 Å². The number of nitrogens with zero attached hydrogens (tertiary/aromatic N) is 2. The summed E-state index contributed by atoms with van der Waals surface area (Å²) in [6, 6.07) is 18.8. The zero-order valence-electron chi connectivity index (χ0n) is 20.1. The van der Waals surface area contributed by atoms with E-state index in [1.807, 2.05) is 52.7 Å². The minimum absolute atomic E-state index is 0.0129. The molecule has 1 aliphatic rings. The van der Waals surface area contributed by atoms with Crippen molar-refractivity contribution < 1.29 is 19.1 Å². The van der Waals surface area contributed by atoms with Gasteiger partial charge in [0.15, 0.2) is 0 Å². The number of methoxy groups -OCH3 is 2. The van der Waals surface area contributed by atoms with Crippen LogP contribution in [0.4, 0.5) is 10.5 Å². The Balaban J connectivity index is 1.49. The minimum atomic E-state index is -0.315. The van der Waals surface area contributed by atoms with Crippen LogP contribution in [0.25, 0.3) is 0 Å². The van der Waals surface area contributed by atoms with Crippen molar-refractivity contribution in [2.75, 3.05) is 32.6 Å². The van der Waals surface area contributed by atoms with Crippen LogP contribution in [-0.4, -0.2) is 49.0 Å². The molecule has 1 saturated carbocycles. The molecule has 0 bridgehead atoms. The van der Waals surface area contributed by atoms with Gasteiger partial charge >= 0.3 is 6.03 Å². The van der Waals surface area contributed by atoms with E-state index >= 15 is 0 Å². The van der Waals surface area contributed by atoms with Gasteiger partial charge in [0.05, 0.1) is 26.5 Å². The predicted molar refractivity (Wildman–Crippen MR) is 138 cm³/mol. The second-order valence-electron chi connectivity index (χ2n) is 8.64. The van der Waals surface area contributed by atoms with E-state index in [0.29, 0.717) is 42.7 Å². The summed E-state index contributed by atoms with van der Waals surface area (Å²) in [6.07, 6.45) is 2.15. The molecule has 0 saturated heterocycles. The first-order valence-electron chi connectivity index (χ1n) is 11.7. The van der Waals surface area contributed by atoms with Crippen molar-refractivity contribution in [2.45, 2.75) is 25.9 Å². The normalized spacial score (nSPS) is 12.6. The SMILES string of the molecule is COc1ccc(NC(=O)N(CC(=O)N(Cc2ccccc2)Cc2cccs2)CC2CC2)c(OC)c1. The van der Waals surface area contributed by atoms with Crippen LogP contribution in [0, 0.1) is 5.92 Å². The lowest BCUT2D eigenvalue weighted by molar-refractivity contribution is -0.133. The quantitative estimate of drug-likeness (QED) is 0.397. The molecule has 0 aliphatic heterocycles. The summed E-state index contributed by atoms with van der Waals surface area (Å²) in [5, 5.41) is 4.93. The molecule has 1 aliphatic carbocycles. The molecule has 0 radical (unpaired) electrons. The maximum absolute atomic E-state index is 13.5. The fourth-order valence-corrected chi connectivity index (χ4v) is 4.54. The third kappa shape index (κ3) is 6.99. The van der Waals surface area contributed by atoms with Crippen molar-refractivity contribution in [2.24, 2.45) is 5.92 Å². The maximum atomic E-state index is 13.5. The topological polar surface area (TPSA) is 71.1 Å². The third-order valence-corrected chi connectivity index (χ3v) is 6.80. The summed E-state index contributed by atoms with van der Waals surface area (Å²) < 4.78 is 10.7. The predicted octanol–water partition coefficient (Wildman–Crippen LogP) is 5.24. The number of ether oxygens (including phenoxy) is 2. The lowest BCUT2D eigenvalue weighted by Crippen LogP contribution is -2.45. The number of carbonyl (C=O) groups is 2. The highest BCUT2D eigenvalue weighted by Gasteiger charge is 2.30. The van der Waals surface area contributed by atoms with Crippen LogP contribution in [0.5, 0.6) is 11.5 Å². The van der Waals surface area contributed by atoms with Crippen LogP contribution < -0.4 is 14.8 Å². The molecule has 8 heteroatoms. The lowest BCUT2D eigenvalue weighted by atomic mass is 10.2. The van der Waals surface area contributed by atoms with Gasteiger partial charge in [0.2, 0.25) is 5.91 Å². The summed E-state index contributed by atoms with van der Waals surface area (Å²) in [6.45, 7) is 1.56. The van der Waals surface area contributed by atoms with Crippen molar-refractivity contribution in [3.05, 3.63) is 76.5 Å². The first-order valence-corrected chi connectivity index (χ1v) is 12.6. The van der Waals surface area contributed by atoms with Gasteiger partial charge in [-0.2, -0.15) is 0 Å². The van der Waals surface area contributed by atoms with Crippen molar-refractivity contribution >= 4 is 29.0 Å². The highest BCUT2D eigenvalue weighted by atomic mass is 32.1. The van der Waals surface area contributed by atoms with E-state index in [2.05, 4.69) is 5.32 Å². The van der Waals surface area contributed by atoms with E-state index in [0.717, 1.165) is 23.3 Å². The molecule has 1 N–H and O–H groups in total. The first kappa shape index (κ1) is 24.6. The molecule has 0 spiro atoms. The standard InChI is InChI=1S/C27H31N3O4S/c1-33-22-12-13-24(25(15-22)34-2)28-27(32)30(17-21-10-11-21)19-26(31)29(18-23-9-6-14-35-23)16-20-7-4-3-5-8-20/h3-9,12-15,21H,10-11,16-19H2,1-2H3,(H,28,32). The van der Waals surface area contributed by atoms with Crippen molar-refractivity contribution in [3.8, 4) is 11.5 Å². The van der Waals surface area contributed by atoms with Crippen molar-refractivity contribution in [1.29, 1.82) is 0 Å². The number of benzene rings is 2. The van der Waals surface area contributed by atoms with Gasteiger partial charge in [0.25, 0.3) is 0 Å². The number of rotatable bonds is 11. The lowest BCUT2D eigenvalue weighted by Gasteiger charge is -2.28. The van der Waals surface area contributed by atoms with E-state index < -0.39 is 0 Å². The number of hydrogen-bond donors (Lipinski definition) is 1. The van der Waals surface area contributed by atoms with Crippen LogP contribution >= 0.6 is 11.3 Å². The fraction of sp³-hybridized carbons (Fsp3) is 0.333. The van der Waals surface area contributed by atoms with Crippen molar-refractivity contribution in [3.63, 3.8) is 0 Å². The van der Waals surface area contributed by atoms with Crippen LogP contribution in [0.3, 0.4) is 0 Å². The highest BCUT2D eigenvalue weighted by molar-refractivity contribution is 7.09. The number of thiophene rings is 1. The Morgan fingerprint density at radius 3 is 2.43 bits per heavy atom. The number of urea groups is 1. The Bertz CT molecular complexity index is 1120. The van der Waals surface area contributed by atoms with E-state index in [9.17, 15) is 9.59 Å². The van der Waals surface area contributed by atoms with Gasteiger partial charge < -0.3 is 24.6 Å². The summed E-state index contributed by atoms with van der Waals surface area (Å²) in [5.41, 5.74) is 1.59. The second kappa shape index (κ2) is 11.8. The molecule has 1 aromatic heterocycles. The van der Waals surface area contributed by atoms with E-state index in [1.54, 1.807) is 48.7 Å². The molecule has 7 nitrogen and oxygen atoms in total. The number of amides is 3. The molecule has 2 aromatic carbocycles. The highest BCUT2D eigenvalue weighted by Crippen LogP contribution is 2.32. The molecule has 3 aromatic rings. The third-order valence-electron chi connectivity index (χ3n) is 5.93. The Kier molecular flexibility index (Phi) is 8.26. The van der Waals surface area contributed by atoms with Gasteiger partial charge in [-0.1, -0.05) is 36.4 Å². The van der Waals surface area contributed by atoms with Gasteiger partial charge in [0, 0.05) is 24.0 Å². The average Bonchev–Trinajstić information content (AvgIpc) is 3.55. The molecule has 0 unspecified atom stereocenters. The summed E-state index contributed by atoms with van der Waals surface area (Å²) in [5.74, 6) is 1.49. The first-order chi connectivity index (χ1) is 17.1. The van der Waals surface area contributed by atoms with Crippen LogP contribution in [-0.2, 0) is 17.9 Å². The zero-order chi connectivity index (χ0) is 24.6. The number of nitrogens with one attached hydrogen (secondary N) is 1. The molecule has 1 fully saturated rings. The Morgan fingerprint density at radius 1 is 0.971 bits per heavy atom. The largest absolute Gasteiger partial charge is 0.497 e. The van der Waals surface area contributed by atoms with Gasteiger partial charge in [-0.25, -0.2) is 4.79 Å². The molecular formula is C27H31N3O4S. The van der Waals surface area contributed by atoms with E-state index in [4.69, 9.17) is 9.47 Å². The molecule has 0 atom stereocenters. The zero-order valence-corrected chi connectivity index (χ0v) is 20.9. The number of anilines is 1. The van der Waals surface area contributed by atoms with Gasteiger partial charge in [-0.15, -0.1) is 11.3 Å². The van der Waals surface area contributed by atoms with E-state index in [1.165, 1.54) is 0 Å². The van der Waals surface area contributed by atoms with Gasteiger partial charge in [-0.3, -0.25) is 4.79 Å². The van der Waals surface area contributed by atoms with Crippen LogP contribution in [0.1, 0.15) is 23.3 Å². The summed E-state index contributed by atoms with van der Waals surface area (Å²) >= 11 is 1.62. The van der Waals surface area contributed by atoms with Gasteiger partial charge in [-0.05, 0) is 47.9 Å². The Hall–Kier alpha value is -3.52. The summed E-state index contributed by atoms with van der Waals surface area (Å²) in [7, 11) is 3.12. The maximum Gasteiger partial charge on any atom is 0.322 e. The fourth-order valence-electron chi connectivity index (χ4n) is 3.82. The molecule has 4 rings (SSSR count). The molecule has 3 amide bonds. The Morgan fingerprint density at radius 2 is 1.77 bits per heavy atom. The van der Waals surface area contributed by atoms with E-state index in [-0.39, 0.29) is 18.5 Å². The second-order valence-corrected chi connectivity index (χ2v) is 9.67. The summed E-state index contributed by atoms with van der Waals surface area (Å²) in [4.78, 5) is 31.4. The Labute approximate surface area is 210 Å². The molecule has 1 heterocycles. The smallest absolute Gasteiger partial charge is 0.322 e. The van der Waals surface area contributed by atoms with Crippen LogP contribution in [0.2, 0.25) is 0 Å². The molecule has 35 heavy (non-hydrogen) atoms. The van der Waals surface area contributed by atoms with Crippen LogP contribution in [0.15, 0.2) is 66.0 Å². The molecular weight excluding hydrogens is 462 g/mol. The number of carbonyl (C=O) groups excluding carboxylic acids is 2. The minimum Gasteiger partial charge on any atom is -0.497 e. The number of hydrogen-bond acceptors (Lipinski definition) is 5.